The van der Waals surface area contributed by atoms with E-state index in [9.17, 15) is 13.9 Å². The van der Waals surface area contributed by atoms with E-state index in [1.165, 1.54) is 23.4 Å². The number of benzene rings is 2. The van der Waals surface area contributed by atoms with Crippen molar-refractivity contribution < 1.29 is 18.6 Å². The second-order valence-electron chi connectivity index (χ2n) is 6.41. The van der Waals surface area contributed by atoms with Crippen LogP contribution in [0.25, 0.3) is 0 Å². The molecule has 5 nitrogen and oxygen atoms in total. The molecule has 1 aliphatic rings. The molecule has 4 rings (SSSR count). The van der Waals surface area contributed by atoms with Crippen molar-refractivity contribution in [2.75, 3.05) is 0 Å². The van der Waals surface area contributed by atoms with Gasteiger partial charge in [0, 0.05) is 11.6 Å². The summed E-state index contributed by atoms with van der Waals surface area (Å²) in [4.78, 5) is 3.94. The third kappa shape index (κ3) is 3.06. The molecule has 1 N–H and O–H groups in total. The van der Waals surface area contributed by atoms with E-state index < -0.39 is 29.4 Å². The van der Waals surface area contributed by atoms with Crippen LogP contribution in [-0.2, 0) is 0 Å². The van der Waals surface area contributed by atoms with Gasteiger partial charge in [0.15, 0.2) is 0 Å². The summed E-state index contributed by atoms with van der Waals surface area (Å²) < 4.78 is 35.1. The molecule has 0 aliphatic heterocycles. The van der Waals surface area contributed by atoms with Crippen molar-refractivity contribution in [2.24, 2.45) is 0 Å². The van der Waals surface area contributed by atoms with Crippen molar-refractivity contribution in [3.63, 3.8) is 0 Å². The molecule has 1 aromatic heterocycles. The van der Waals surface area contributed by atoms with Crippen molar-refractivity contribution in [3.05, 3.63) is 78.4 Å². The second-order valence-corrected chi connectivity index (χ2v) is 6.41. The van der Waals surface area contributed by atoms with Crippen LogP contribution in [0, 0.1) is 11.6 Å². The predicted molar refractivity (Wildman–Crippen MR) is 89.4 cm³/mol. The Morgan fingerprint density at radius 3 is 2.50 bits per heavy atom. The molecule has 1 fully saturated rings. The average molecular weight is 357 g/mol. The van der Waals surface area contributed by atoms with Gasteiger partial charge in [-0.15, -0.1) is 0 Å². The smallest absolute Gasteiger partial charge is 0.137 e. The van der Waals surface area contributed by atoms with Crippen LogP contribution in [0.15, 0.2) is 61.2 Å². The van der Waals surface area contributed by atoms with Gasteiger partial charge in [-0.25, -0.2) is 18.4 Å². The number of hydrogen-bond acceptors (Lipinski definition) is 4. The fourth-order valence-corrected chi connectivity index (χ4v) is 3.25. The van der Waals surface area contributed by atoms with Gasteiger partial charge in [-0.1, -0.05) is 24.3 Å². The van der Waals surface area contributed by atoms with Crippen LogP contribution in [0.1, 0.15) is 30.6 Å². The van der Waals surface area contributed by atoms with Gasteiger partial charge in [-0.05, 0) is 31.0 Å². The minimum absolute atomic E-state index is 0.00478. The Morgan fingerprint density at radius 2 is 1.88 bits per heavy atom. The SMILES string of the molecule is OC(c1ccc(F)cc1F)C(n1cncn1)C1(Oc2ccccc2)CC1. The second kappa shape index (κ2) is 6.49. The zero-order chi connectivity index (χ0) is 18.1. The molecular formula is C19H17F2N3O2. The molecule has 2 atom stereocenters. The Kier molecular flexibility index (Phi) is 4.16. The lowest BCUT2D eigenvalue weighted by molar-refractivity contribution is 0.00881. The maximum absolute atomic E-state index is 14.3. The fraction of sp³-hybridized carbons (Fsp3) is 0.263. The van der Waals surface area contributed by atoms with Gasteiger partial charge in [0.25, 0.3) is 0 Å². The molecule has 1 heterocycles. The molecule has 3 aromatic rings. The third-order valence-electron chi connectivity index (χ3n) is 4.65. The Labute approximate surface area is 148 Å². The van der Waals surface area contributed by atoms with Gasteiger partial charge in [-0.2, -0.15) is 5.10 Å². The van der Waals surface area contributed by atoms with Crippen LogP contribution >= 0.6 is 0 Å². The number of nitrogens with zero attached hydrogens (tertiary/aromatic N) is 3. The van der Waals surface area contributed by atoms with Gasteiger partial charge in [-0.3, -0.25) is 0 Å². The number of aliphatic hydroxyl groups is 1. The summed E-state index contributed by atoms with van der Waals surface area (Å²) in [7, 11) is 0. The molecule has 2 aromatic carbocycles. The third-order valence-corrected chi connectivity index (χ3v) is 4.65. The van der Waals surface area contributed by atoms with Crippen LogP contribution in [0.2, 0.25) is 0 Å². The zero-order valence-corrected chi connectivity index (χ0v) is 13.8. The lowest BCUT2D eigenvalue weighted by atomic mass is 9.95. The first-order chi connectivity index (χ1) is 12.6. The summed E-state index contributed by atoms with van der Waals surface area (Å²) in [6.07, 6.45) is 2.88. The summed E-state index contributed by atoms with van der Waals surface area (Å²) in [6, 6.07) is 11.7. The molecule has 0 bridgehead atoms. The number of halogens is 2. The molecule has 0 radical (unpaired) electrons. The number of para-hydroxylation sites is 1. The van der Waals surface area contributed by atoms with E-state index in [4.69, 9.17) is 4.74 Å². The first-order valence-corrected chi connectivity index (χ1v) is 8.30. The minimum atomic E-state index is -1.27. The molecular weight excluding hydrogens is 340 g/mol. The Hall–Kier alpha value is -2.80. The zero-order valence-electron chi connectivity index (χ0n) is 13.8. The summed E-state index contributed by atoms with van der Waals surface area (Å²) in [6.45, 7) is 0. The fourth-order valence-electron chi connectivity index (χ4n) is 3.25. The van der Waals surface area contributed by atoms with Gasteiger partial charge in [0.05, 0.1) is 0 Å². The topological polar surface area (TPSA) is 60.2 Å². The van der Waals surface area contributed by atoms with Crippen LogP contribution in [-0.4, -0.2) is 25.5 Å². The Bertz CT molecular complexity index is 883. The van der Waals surface area contributed by atoms with E-state index in [2.05, 4.69) is 10.1 Å². The van der Waals surface area contributed by atoms with Crippen LogP contribution in [0.4, 0.5) is 8.78 Å². The van der Waals surface area contributed by atoms with E-state index in [1.54, 1.807) is 0 Å². The summed E-state index contributed by atoms with van der Waals surface area (Å²) in [5.41, 5.74) is -0.746. The molecule has 134 valence electrons. The number of ether oxygens (including phenoxy) is 1. The number of aromatic nitrogens is 3. The van der Waals surface area contributed by atoms with E-state index >= 15 is 0 Å². The molecule has 2 unspecified atom stereocenters. The maximum Gasteiger partial charge on any atom is 0.137 e. The van der Waals surface area contributed by atoms with Gasteiger partial charge >= 0.3 is 0 Å². The molecule has 7 heteroatoms. The van der Waals surface area contributed by atoms with E-state index in [1.807, 2.05) is 30.3 Å². The van der Waals surface area contributed by atoms with Crippen molar-refractivity contribution in [3.8, 4) is 5.75 Å². The minimum Gasteiger partial charge on any atom is -0.485 e. The normalized spacial score (nSPS) is 17.5. The standard InChI is InChI=1S/C19H17F2N3O2/c20-13-6-7-15(16(21)10-13)17(25)18(24-12-22-11-23-24)19(8-9-19)26-14-4-2-1-3-5-14/h1-7,10-12,17-18,25H,8-9H2. The lowest BCUT2D eigenvalue weighted by Gasteiger charge is -2.32. The van der Waals surface area contributed by atoms with E-state index in [-0.39, 0.29) is 5.56 Å². The van der Waals surface area contributed by atoms with Crippen molar-refractivity contribution >= 4 is 0 Å². The molecule has 26 heavy (non-hydrogen) atoms. The van der Waals surface area contributed by atoms with Gasteiger partial charge in [0.2, 0.25) is 0 Å². The van der Waals surface area contributed by atoms with Crippen molar-refractivity contribution in [2.45, 2.75) is 30.6 Å². The van der Waals surface area contributed by atoms with Crippen LogP contribution in [0.3, 0.4) is 0 Å². The van der Waals surface area contributed by atoms with Crippen molar-refractivity contribution in [1.82, 2.24) is 14.8 Å². The summed E-state index contributed by atoms with van der Waals surface area (Å²) >= 11 is 0. The Balaban J connectivity index is 1.71. The molecule has 0 saturated heterocycles. The quantitative estimate of drug-likeness (QED) is 0.734. The van der Waals surface area contributed by atoms with Crippen LogP contribution in [0.5, 0.6) is 5.75 Å². The first kappa shape index (κ1) is 16.7. The molecule has 0 spiro atoms. The molecule has 0 amide bonds. The highest BCUT2D eigenvalue weighted by atomic mass is 19.1. The monoisotopic (exact) mass is 357 g/mol. The summed E-state index contributed by atoms with van der Waals surface area (Å²) in [5.74, 6) is -0.850. The molecule has 1 saturated carbocycles. The number of hydrogen-bond donors (Lipinski definition) is 1. The van der Waals surface area contributed by atoms with Gasteiger partial charge in [0.1, 0.15) is 47.8 Å². The highest BCUT2D eigenvalue weighted by molar-refractivity contribution is 5.27. The largest absolute Gasteiger partial charge is 0.485 e. The highest BCUT2D eigenvalue weighted by Gasteiger charge is 2.57. The lowest BCUT2D eigenvalue weighted by Crippen LogP contribution is -2.37. The first-order valence-electron chi connectivity index (χ1n) is 8.30. The Morgan fingerprint density at radius 1 is 1.12 bits per heavy atom. The van der Waals surface area contributed by atoms with Crippen LogP contribution < -0.4 is 4.74 Å². The maximum atomic E-state index is 14.3. The summed E-state index contributed by atoms with van der Waals surface area (Å²) in [5, 5.41) is 15.1. The average Bonchev–Trinajstić information content (AvgIpc) is 3.17. The van der Waals surface area contributed by atoms with Crippen molar-refractivity contribution in [1.29, 1.82) is 0 Å². The van der Waals surface area contributed by atoms with E-state index in [0.717, 1.165) is 12.1 Å². The van der Waals surface area contributed by atoms with E-state index in [0.29, 0.717) is 18.6 Å². The number of rotatable bonds is 6. The van der Waals surface area contributed by atoms with Gasteiger partial charge < -0.3 is 9.84 Å². The number of aliphatic hydroxyl groups excluding tert-OH is 1. The highest BCUT2D eigenvalue weighted by Crippen LogP contribution is 2.53. The molecule has 1 aliphatic carbocycles. The predicted octanol–water partition coefficient (Wildman–Crippen LogP) is 3.44.